The molecule has 1 N–H and O–H groups in total. The van der Waals surface area contributed by atoms with Crippen molar-refractivity contribution in [3.8, 4) is 11.3 Å². The zero-order chi connectivity index (χ0) is 18.7. The number of nitro benzene ring substituents is 1. The molecule has 0 radical (unpaired) electrons. The first-order valence-electron chi connectivity index (χ1n) is 7.47. The number of nitrogens with one attached hydrogen (secondary N) is 1. The number of nitro groups is 1. The van der Waals surface area contributed by atoms with Crippen LogP contribution < -0.4 is 5.32 Å². The Kier molecular flexibility index (Phi) is 5.29. The first kappa shape index (κ1) is 18.0. The lowest BCUT2D eigenvalue weighted by molar-refractivity contribution is -0.384. The fourth-order valence-corrected chi connectivity index (χ4v) is 3.04. The molecule has 0 unspecified atom stereocenters. The number of non-ortho nitro benzene ring substituents is 1. The highest BCUT2D eigenvalue weighted by molar-refractivity contribution is 7.98. The van der Waals surface area contributed by atoms with Gasteiger partial charge in [-0.3, -0.25) is 14.9 Å². The number of halogens is 1. The van der Waals surface area contributed by atoms with E-state index >= 15 is 0 Å². The third-order valence-corrected chi connectivity index (χ3v) is 4.62. The lowest BCUT2D eigenvalue weighted by Crippen LogP contribution is -2.10. The van der Waals surface area contributed by atoms with Crippen molar-refractivity contribution in [2.24, 2.45) is 0 Å². The van der Waals surface area contributed by atoms with Gasteiger partial charge in [0.1, 0.15) is 5.76 Å². The Morgan fingerprint density at radius 2 is 2.00 bits per heavy atom. The fraction of sp³-hybridized carbons (Fsp3) is 0.0556. The Morgan fingerprint density at radius 1 is 1.19 bits per heavy atom. The van der Waals surface area contributed by atoms with Crippen LogP contribution in [0.3, 0.4) is 0 Å². The van der Waals surface area contributed by atoms with Gasteiger partial charge in [0.2, 0.25) is 0 Å². The summed E-state index contributed by atoms with van der Waals surface area (Å²) in [6.07, 6.45) is 1.95. The van der Waals surface area contributed by atoms with E-state index in [4.69, 9.17) is 16.0 Å². The van der Waals surface area contributed by atoms with E-state index < -0.39 is 10.8 Å². The van der Waals surface area contributed by atoms with Gasteiger partial charge < -0.3 is 9.73 Å². The number of hydrogen-bond acceptors (Lipinski definition) is 5. The maximum atomic E-state index is 12.4. The molecule has 0 aliphatic carbocycles. The second kappa shape index (κ2) is 7.63. The molecular weight excluding hydrogens is 376 g/mol. The predicted octanol–water partition coefficient (Wildman–Crippen LogP) is 5.48. The lowest BCUT2D eigenvalue weighted by atomic mass is 10.1. The van der Waals surface area contributed by atoms with Crippen molar-refractivity contribution in [2.75, 3.05) is 11.6 Å². The Hall–Kier alpha value is -2.77. The van der Waals surface area contributed by atoms with Gasteiger partial charge >= 0.3 is 0 Å². The Bertz CT molecular complexity index is 987. The number of carbonyl (C=O) groups excluding carboxylic acids is 1. The number of anilines is 1. The van der Waals surface area contributed by atoms with E-state index in [1.54, 1.807) is 23.9 Å². The summed E-state index contributed by atoms with van der Waals surface area (Å²) in [4.78, 5) is 23.6. The molecule has 26 heavy (non-hydrogen) atoms. The minimum Gasteiger partial charge on any atom is -0.451 e. The summed E-state index contributed by atoms with van der Waals surface area (Å²) in [7, 11) is 0. The topological polar surface area (TPSA) is 85.4 Å². The van der Waals surface area contributed by atoms with Crippen molar-refractivity contribution in [1.82, 2.24) is 0 Å². The minimum atomic E-state index is -0.528. The molecule has 3 aromatic rings. The third kappa shape index (κ3) is 3.89. The molecule has 0 fully saturated rings. The maximum absolute atomic E-state index is 12.4. The first-order valence-corrected chi connectivity index (χ1v) is 9.08. The highest BCUT2D eigenvalue weighted by atomic mass is 35.5. The van der Waals surface area contributed by atoms with E-state index in [2.05, 4.69) is 5.32 Å². The van der Waals surface area contributed by atoms with Gasteiger partial charge in [0, 0.05) is 28.3 Å². The second-order valence-electron chi connectivity index (χ2n) is 5.27. The molecular formula is C18H13ClN2O4S. The second-order valence-corrected chi connectivity index (χ2v) is 6.56. The van der Waals surface area contributed by atoms with Crippen LogP contribution in [-0.2, 0) is 0 Å². The predicted molar refractivity (Wildman–Crippen MR) is 102 cm³/mol. The first-order chi connectivity index (χ1) is 12.5. The number of hydrogen-bond donors (Lipinski definition) is 1. The van der Waals surface area contributed by atoms with Crippen molar-refractivity contribution in [1.29, 1.82) is 0 Å². The number of nitrogens with zero attached hydrogens (tertiary/aromatic N) is 1. The molecule has 2 aromatic carbocycles. The van der Waals surface area contributed by atoms with Crippen molar-refractivity contribution >= 4 is 40.6 Å². The zero-order valence-electron chi connectivity index (χ0n) is 13.6. The number of rotatable bonds is 5. The van der Waals surface area contributed by atoms with Gasteiger partial charge in [0.05, 0.1) is 9.95 Å². The minimum absolute atomic E-state index is 0.114. The molecule has 0 aliphatic heterocycles. The summed E-state index contributed by atoms with van der Waals surface area (Å²) >= 11 is 7.67. The summed E-state index contributed by atoms with van der Waals surface area (Å²) in [6.45, 7) is 0. The fourth-order valence-electron chi connectivity index (χ4n) is 2.32. The van der Waals surface area contributed by atoms with Crippen LogP contribution in [0.2, 0.25) is 5.02 Å². The third-order valence-electron chi connectivity index (χ3n) is 3.59. The number of furan rings is 1. The van der Waals surface area contributed by atoms with Crippen molar-refractivity contribution in [3.63, 3.8) is 0 Å². The lowest BCUT2D eigenvalue weighted by Gasteiger charge is -2.05. The summed E-state index contributed by atoms with van der Waals surface area (Å²) in [6, 6.07) is 14.6. The highest BCUT2D eigenvalue weighted by Gasteiger charge is 2.16. The van der Waals surface area contributed by atoms with Gasteiger partial charge in [0.15, 0.2) is 5.76 Å². The molecule has 0 aliphatic rings. The van der Waals surface area contributed by atoms with Gasteiger partial charge in [-0.05, 0) is 42.7 Å². The van der Waals surface area contributed by atoms with E-state index in [1.165, 1.54) is 24.3 Å². The summed E-state index contributed by atoms with van der Waals surface area (Å²) < 4.78 is 5.57. The van der Waals surface area contributed by atoms with Crippen molar-refractivity contribution < 1.29 is 14.1 Å². The zero-order valence-corrected chi connectivity index (χ0v) is 15.1. The molecule has 1 heterocycles. The smallest absolute Gasteiger partial charge is 0.291 e. The number of benzene rings is 2. The molecule has 0 saturated heterocycles. The van der Waals surface area contributed by atoms with Crippen LogP contribution in [0, 0.1) is 10.1 Å². The average molecular weight is 389 g/mol. The van der Waals surface area contributed by atoms with Gasteiger partial charge in [-0.15, -0.1) is 11.8 Å². The largest absolute Gasteiger partial charge is 0.451 e. The number of thioether (sulfide) groups is 1. The SMILES string of the molecule is CSc1cccc(NC(=O)c2ccc(-c3ccc([N+](=O)[O-])cc3Cl)o2)c1. The molecule has 1 aromatic heterocycles. The van der Waals surface area contributed by atoms with E-state index in [0.717, 1.165) is 4.90 Å². The van der Waals surface area contributed by atoms with Crippen LogP contribution in [-0.4, -0.2) is 17.1 Å². The van der Waals surface area contributed by atoms with Crippen LogP contribution in [0.15, 0.2) is 63.9 Å². The van der Waals surface area contributed by atoms with Crippen molar-refractivity contribution in [2.45, 2.75) is 4.90 Å². The number of amides is 1. The van der Waals surface area contributed by atoms with Gasteiger partial charge in [0.25, 0.3) is 11.6 Å². The molecule has 6 nitrogen and oxygen atoms in total. The summed E-state index contributed by atoms with van der Waals surface area (Å²) in [5.41, 5.74) is 1.02. The monoisotopic (exact) mass is 388 g/mol. The average Bonchev–Trinajstić information content (AvgIpc) is 3.11. The molecule has 3 rings (SSSR count). The summed E-state index contributed by atoms with van der Waals surface area (Å²) in [5, 5.41) is 13.7. The highest BCUT2D eigenvalue weighted by Crippen LogP contribution is 2.32. The molecule has 0 spiro atoms. The molecule has 1 amide bonds. The van der Waals surface area contributed by atoms with E-state index in [-0.39, 0.29) is 16.5 Å². The van der Waals surface area contributed by atoms with Crippen LogP contribution in [0.4, 0.5) is 11.4 Å². The molecule has 8 heteroatoms. The normalized spacial score (nSPS) is 10.5. The van der Waals surface area contributed by atoms with Gasteiger partial charge in [-0.2, -0.15) is 0 Å². The van der Waals surface area contributed by atoms with Crippen LogP contribution in [0.25, 0.3) is 11.3 Å². The molecule has 0 saturated carbocycles. The van der Waals surface area contributed by atoms with Gasteiger partial charge in [-0.1, -0.05) is 17.7 Å². The van der Waals surface area contributed by atoms with E-state index in [1.807, 2.05) is 24.5 Å². The Labute approximate surface area is 158 Å². The van der Waals surface area contributed by atoms with Gasteiger partial charge in [-0.25, -0.2) is 0 Å². The Morgan fingerprint density at radius 3 is 2.69 bits per heavy atom. The summed E-state index contributed by atoms with van der Waals surface area (Å²) in [5.74, 6) is 0.0735. The standard InChI is InChI=1S/C18H13ClN2O4S/c1-26-13-4-2-3-11(9-13)20-18(22)17-8-7-16(25-17)14-6-5-12(21(23)24)10-15(14)19/h2-10H,1H3,(H,20,22). The van der Waals surface area contributed by atoms with Crippen LogP contribution >= 0.6 is 23.4 Å². The van der Waals surface area contributed by atoms with Crippen LogP contribution in [0.5, 0.6) is 0 Å². The Balaban J connectivity index is 1.81. The molecule has 0 bridgehead atoms. The van der Waals surface area contributed by atoms with E-state index in [0.29, 0.717) is 17.0 Å². The van der Waals surface area contributed by atoms with E-state index in [9.17, 15) is 14.9 Å². The van der Waals surface area contributed by atoms with Crippen molar-refractivity contribution in [3.05, 3.63) is 75.5 Å². The molecule has 0 atom stereocenters. The molecule has 132 valence electrons. The number of carbonyl (C=O) groups is 1. The quantitative estimate of drug-likeness (QED) is 0.355. The van der Waals surface area contributed by atoms with Crippen LogP contribution in [0.1, 0.15) is 10.6 Å². The maximum Gasteiger partial charge on any atom is 0.291 e.